The Balaban J connectivity index is 1.00. The molecule has 0 aliphatic carbocycles. The van der Waals surface area contributed by atoms with Gasteiger partial charge in [-0.05, 0) is 60.8 Å². The monoisotopic (exact) mass is 564 g/mol. The first kappa shape index (κ1) is 26.5. The van der Waals surface area contributed by atoms with Crippen LogP contribution in [-0.2, 0) is 17.8 Å². The molecule has 11 heteroatoms. The van der Waals surface area contributed by atoms with Crippen LogP contribution in [-0.4, -0.2) is 96.2 Å². The lowest BCUT2D eigenvalue weighted by atomic mass is 10.1. The molecular weight excluding hydrogens is 530 g/mol. The lowest BCUT2D eigenvalue weighted by Gasteiger charge is -2.31. The molecule has 2 atom stereocenters. The highest BCUT2D eigenvalue weighted by molar-refractivity contribution is 5.98. The summed E-state index contributed by atoms with van der Waals surface area (Å²) in [5.74, 6) is -1.93. The van der Waals surface area contributed by atoms with E-state index in [1.165, 1.54) is 0 Å². The minimum atomic E-state index is -3.00. The van der Waals surface area contributed by atoms with Crippen molar-refractivity contribution in [1.29, 1.82) is 0 Å². The molecule has 3 fully saturated rings. The molecule has 3 aromatic rings. The van der Waals surface area contributed by atoms with Crippen LogP contribution in [0.4, 0.5) is 14.7 Å². The minimum Gasteiger partial charge on any atom is -0.483 e. The largest absolute Gasteiger partial charge is 0.483 e. The summed E-state index contributed by atoms with van der Waals surface area (Å²) in [6, 6.07) is 11.1. The smallest absolute Gasteiger partial charge is 0.297 e. The van der Waals surface area contributed by atoms with Gasteiger partial charge in [-0.3, -0.25) is 9.69 Å². The van der Waals surface area contributed by atoms with Gasteiger partial charge < -0.3 is 24.6 Å². The van der Waals surface area contributed by atoms with E-state index in [0.29, 0.717) is 43.6 Å². The van der Waals surface area contributed by atoms with E-state index in [0.717, 1.165) is 61.1 Å². The maximum Gasteiger partial charge on any atom is 0.297 e. The molecule has 3 saturated heterocycles. The SMILES string of the molecule is O=C1c2ccc(O[C@@H]3CN(Cc4ccc5nc(N6CCOCC6)ncc5c4)CC3(F)F)cc2CN1[C@H]1CCCNC1. The average molecular weight is 565 g/mol. The second-order valence-corrected chi connectivity index (χ2v) is 11.5. The third-order valence-electron chi connectivity index (χ3n) is 8.56. The van der Waals surface area contributed by atoms with E-state index in [9.17, 15) is 4.79 Å². The van der Waals surface area contributed by atoms with Gasteiger partial charge in [-0.2, -0.15) is 0 Å². The van der Waals surface area contributed by atoms with Gasteiger partial charge in [-0.1, -0.05) is 6.07 Å². The number of halogens is 2. The van der Waals surface area contributed by atoms with Crippen LogP contribution in [0.25, 0.3) is 10.9 Å². The van der Waals surface area contributed by atoms with Crippen LogP contribution in [0.5, 0.6) is 5.75 Å². The molecule has 1 amide bonds. The van der Waals surface area contributed by atoms with Gasteiger partial charge in [0, 0.05) is 62.5 Å². The Morgan fingerprint density at radius 2 is 2.02 bits per heavy atom. The van der Waals surface area contributed by atoms with Gasteiger partial charge in [0.05, 0.1) is 25.3 Å². The van der Waals surface area contributed by atoms with Crippen LogP contribution >= 0.6 is 0 Å². The molecule has 0 bridgehead atoms. The summed E-state index contributed by atoms with van der Waals surface area (Å²) in [5, 5.41) is 4.23. The normalized spacial score (nSPS) is 24.7. The van der Waals surface area contributed by atoms with Crippen molar-refractivity contribution in [3.8, 4) is 5.75 Å². The van der Waals surface area contributed by atoms with Crippen LogP contribution in [0.15, 0.2) is 42.6 Å². The van der Waals surface area contributed by atoms with Crippen molar-refractivity contribution < 1.29 is 23.0 Å². The summed E-state index contributed by atoms with van der Waals surface area (Å²) in [6.45, 7) is 5.19. The highest BCUT2D eigenvalue weighted by Gasteiger charge is 2.50. The van der Waals surface area contributed by atoms with Gasteiger partial charge >= 0.3 is 0 Å². The Bertz CT molecular complexity index is 1440. The van der Waals surface area contributed by atoms with E-state index in [1.807, 2.05) is 23.1 Å². The number of piperidine rings is 1. The van der Waals surface area contributed by atoms with E-state index >= 15 is 8.78 Å². The van der Waals surface area contributed by atoms with Crippen LogP contribution in [0.3, 0.4) is 0 Å². The molecule has 1 N–H and O–H groups in total. The van der Waals surface area contributed by atoms with Gasteiger partial charge in [0.25, 0.3) is 11.8 Å². The number of rotatable bonds is 6. The summed E-state index contributed by atoms with van der Waals surface area (Å²) < 4.78 is 41.5. The Kier molecular flexibility index (Phi) is 6.96. The van der Waals surface area contributed by atoms with Crippen LogP contribution in [0.1, 0.15) is 34.3 Å². The zero-order chi connectivity index (χ0) is 28.0. The number of aromatic nitrogens is 2. The lowest BCUT2D eigenvalue weighted by molar-refractivity contribution is -0.0620. The Labute approximate surface area is 237 Å². The number of carbonyl (C=O) groups is 1. The number of morpholine rings is 1. The highest BCUT2D eigenvalue weighted by Crippen LogP contribution is 2.35. The molecule has 5 heterocycles. The van der Waals surface area contributed by atoms with Crippen molar-refractivity contribution in [2.45, 2.75) is 44.0 Å². The number of ether oxygens (including phenoxy) is 2. The summed E-state index contributed by atoms with van der Waals surface area (Å²) in [5.41, 5.74) is 3.23. The van der Waals surface area contributed by atoms with Crippen molar-refractivity contribution in [1.82, 2.24) is 25.1 Å². The number of benzene rings is 2. The fourth-order valence-electron chi connectivity index (χ4n) is 6.37. The lowest BCUT2D eigenvalue weighted by Crippen LogP contribution is -2.46. The Morgan fingerprint density at radius 1 is 1.15 bits per heavy atom. The van der Waals surface area contributed by atoms with Crippen molar-refractivity contribution in [2.24, 2.45) is 0 Å². The van der Waals surface area contributed by atoms with Crippen LogP contribution in [0, 0.1) is 0 Å². The molecule has 0 spiro atoms. The van der Waals surface area contributed by atoms with Crippen molar-refractivity contribution in [3.63, 3.8) is 0 Å². The standard InChI is InChI=1S/C30H34F2N6O3/c31-30(32)19-36(16-20-3-6-26-21(12-20)14-34-29(35-26)37-8-10-40-11-9-37)18-27(30)41-24-4-5-25-22(13-24)17-38(28(25)39)23-2-1-7-33-15-23/h3-6,12-14,23,27,33H,1-2,7-11,15-19H2/t23-,27+/m0/s1. The van der Waals surface area contributed by atoms with E-state index < -0.39 is 12.0 Å². The van der Waals surface area contributed by atoms with Crippen LogP contribution < -0.4 is 15.0 Å². The van der Waals surface area contributed by atoms with E-state index in [4.69, 9.17) is 14.5 Å². The number of hydrogen-bond acceptors (Lipinski definition) is 8. The second kappa shape index (κ2) is 10.8. The first-order valence-corrected chi connectivity index (χ1v) is 14.4. The molecular formula is C30H34F2N6O3. The summed E-state index contributed by atoms with van der Waals surface area (Å²) in [4.78, 5) is 27.9. The molecule has 216 valence electrons. The predicted molar refractivity (Wildman–Crippen MR) is 149 cm³/mol. The summed E-state index contributed by atoms with van der Waals surface area (Å²) >= 11 is 0. The number of anilines is 1. The molecule has 4 aliphatic heterocycles. The second-order valence-electron chi connectivity index (χ2n) is 11.5. The number of alkyl halides is 2. The fraction of sp³-hybridized carbons (Fsp3) is 0.500. The average Bonchev–Trinajstić information content (AvgIpc) is 3.47. The number of carbonyl (C=O) groups excluding carboxylic acids is 1. The van der Waals surface area contributed by atoms with Gasteiger partial charge in [0.2, 0.25) is 5.95 Å². The number of likely N-dealkylation sites (tertiary alicyclic amines) is 1. The molecule has 1 aromatic heterocycles. The van der Waals surface area contributed by atoms with Gasteiger partial charge in [0.15, 0.2) is 6.10 Å². The molecule has 4 aliphatic rings. The first-order valence-electron chi connectivity index (χ1n) is 14.4. The highest BCUT2D eigenvalue weighted by atomic mass is 19.3. The molecule has 0 radical (unpaired) electrons. The first-order chi connectivity index (χ1) is 19.9. The number of amides is 1. The van der Waals surface area contributed by atoms with Crippen LogP contribution in [0.2, 0.25) is 0 Å². The van der Waals surface area contributed by atoms with Gasteiger partial charge in [0.1, 0.15) is 5.75 Å². The fourth-order valence-corrected chi connectivity index (χ4v) is 6.37. The molecule has 9 nitrogen and oxygen atoms in total. The maximum absolute atomic E-state index is 15.1. The Morgan fingerprint density at radius 3 is 2.85 bits per heavy atom. The molecule has 41 heavy (non-hydrogen) atoms. The minimum absolute atomic E-state index is 0.00993. The topological polar surface area (TPSA) is 83.1 Å². The van der Waals surface area contributed by atoms with Gasteiger partial charge in [-0.25, -0.2) is 18.7 Å². The molecule has 2 aromatic carbocycles. The summed E-state index contributed by atoms with van der Waals surface area (Å²) in [7, 11) is 0. The molecule has 0 saturated carbocycles. The quantitative estimate of drug-likeness (QED) is 0.490. The molecule has 0 unspecified atom stereocenters. The number of nitrogens with one attached hydrogen (secondary N) is 1. The third kappa shape index (κ3) is 5.33. The zero-order valence-electron chi connectivity index (χ0n) is 22.9. The maximum atomic E-state index is 15.1. The summed E-state index contributed by atoms with van der Waals surface area (Å²) in [6.07, 6.45) is 2.54. The van der Waals surface area contributed by atoms with Crippen molar-refractivity contribution >= 4 is 22.8 Å². The van der Waals surface area contributed by atoms with Crippen molar-refractivity contribution in [2.75, 3.05) is 57.4 Å². The van der Waals surface area contributed by atoms with Crippen molar-refractivity contribution in [3.05, 3.63) is 59.3 Å². The molecule has 7 rings (SSSR count). The van der Waals surface area contributed by atoms with Gasteiger partial charge in [-0.15, -0.1) is 0 Å². The Hall–Kier alpha value is -3.41. The number of fused-ring (bicyclic) bond motifs is 2. The van der Waals surface area contributed by atoms with E-state index in [2.05, 4.69) is 15.2 Å². The number of hydrogen-bond donors (Lipinski definition) is 1. The predicted octanol–water partition coefficient (Wildman–Crippen LogP) is 3.07. The third-order valence-corrected chi connectivity index (χ3v) is 8.56. The zero-order valence-corrected chi connectivity index (χ0v) is 22.9. The number of nitrogens with zero attached hydrogens (tertiary/aromatic N) is 5. The van der Waals surface area contributed by atoms with E-state index in [1.54, 1.807) is 29.3 Å². The van der Waals surface area contributed by atoms with E-state index in [-0.39, 0.29) is 25.0 Å².